The Hall–Kier alpha value is -1.90. The molecule has 0 atom stereocenters. The molecule has 2 aromatic rings. The third-order valence-electron chi connectivity index (χ3n) is 7.56. The van der Waals surface area contributed by atoms with Crippen molar-refractivity contribution >= 4 is 0 Å². The van der Waals surface area contributed by atoms with E-state index in [4.69, 9.17) is 4.74 Å². The van der Waals surface area contributed by atoms with Crippen molar-refractivity contribution in [2.45, 2.75) is 117 Å². The smallest absolute Gasteiger partial charge is 0.159 e. The minimum atomic E-state index is 0.786. The fraction of sp³-hybridized carbons (Fsp3) is 0.677. The molecule has 1 heterocycles. The molecule has 1 aromatic carbocycles. The molecule has 188 valence electrons. The van der Waals surface area contributed by atoms with Crippen LogP contribution in [0.25, 0.3) is 11.4 Å². The van der Waals surface area contributed by atoms with Crippen LogP contribution in [0, 0.1) is 11.8 Å². The van der Waals surface area contributed by atoms with E-state index in [2.05, 4.69) is 35.9 Å². The highest BCUT2D eigenvalue weighted by Crippen LogP contribution is 2.34. The van der Waals surface area contributed by atoms with E-state index in [1.807, 2.05) is 24.5 Å². The third-order valence-corrected chi connectivity index (χ3v) is 7.56. The highest BCUT2D eigenvalue weighted by atomic mass is 16.5. The summed E-state index contributed by atoms with van der Waals surface area (Å²) in [6.07, 6.45) is 25.9. The molecule has 0 unspecified atom stereocenters. The zero-order valence-corrected chi connectivity index (χ0v) is 21.9. The molecular formula is C31H48N2O. The minimum Gasteiger partial charge on any atom is -0.494 e. The van der Waals surface area contributed by atoms with E-state index in [9.17, 15) is 0 Å². The van der Waals surface area contributed by atoms with Gasteiger partial charge in [-0.05, 0) is 60.9 Å². The number of ether oxygens (including phenoxy) is 1. The lowest BCUT2D eigenvalue weighted by Gasteiger charge is -2.28. The molecule has 1 aliphatic rings. The Morgan fingerprint density at radius 3 is 1.91 bits per heavy atom. The number of hydrogen-bond acceptors (Lipinski definition) is 3. The first-order valence-electron chi connectivity index (χ1n) is 14.3. The van der Waals surface area contributed by atoms with Crippen LogP contribution in [0.15, 0.2) is 36.7 Å². The van der Waals surface area contributed by atoms with Gasteiger partial charge in [-0.15, -0.1) is 0 Å². The maximum absolute atomic E-state index is 6.02. The van der Waals surface area contributed by atoms with Gasteiger partial charge in [0.15, 0.2) is 5.82 Å². The summed E-state index contributed by atoms with van der Waals surface area (Å²) in [5.74, 6) is 3.66. The van der Waals surface area contributed by atoms with Crippen LogP contribution < -0.4 is 4.74 Å². The number of nitrogens with zero attached hydrogens (tertiary/aromatic N) is 2. The van der Waals surface area contributed by atoms with Gasteiger partial charge in [0.25, 0.3) is 0 Å². The molecule has 1 fully saturated rings. The SMILES string of the molecule is CCCCCCCCCC1CCC(CCCOc2ccc(-c3ncc(CCC)cn3)cc2)CC1. The molecule has 3 heteroatoms. The van der Waals surface area contributed by atoms with Gasteiger partial charge in [0.2, 0.25) is 0 Å². The highest BCUT2D eigenvalue weighted by Gasteiger charge is 2.20. The second kappa shape index (κ2) is 15.9. The standard InChI is InChI=1S/C31H48N2O/c1-3-5-6-7-8-9-10-13-26-15-17-27(18-16-26)14-11-23-34-30-21-19-29(20-22-30)31-32-24-28(12-4-2)25-33-31/h19-22,24-27H,3-18,23H2,1-2H3. The fourth-order valence-corrected chi connectivity index (χ4v) is 5.38. The number of aromatic nitrogens is 2. The minimum absolute atomic E-state index is 0.786. The summed E-state index contributed by atoms with van der Waals surface area (Å²) >= 11 is 0. The van der Waals surface area contributed by atoms with Crippen LogP contribution in [-0.4, -0.2) is 16.6 Å². The van der Waals surface area contributed by atoms with Crippen molar-refractivity contribution in [1.82, 2.24) is 9.97 Å². The molecule has 0 radical (unpaired) electrons. The number of rotatable bonds is 16. The molecule has 0 bridgehead atoms. The fourth-order valence-electron chi connectivity index (χ4n) is 5.38. The second-order valence-corrected chi connectivity index (χ2v) is 10.5. The van der Waals surface area contributed by atoms with Crippen LogP contribution in [0.5, 0.6) is 5.75 Å². The Labute approximate surface area is 209 Å². The van der Waals surface area contributed by atoms with E-state index in [1.54, 1.807) is 0 Å². The van der Waals surface area contributed by atoms with Gasteiger partial charge >= 0.3 is 0 Å². The van der Waals surface area contributed by atoms with E-state index in [0.29, 0.717) is 0 Å². The summed E-state index contributed by atoms with van der Waals surface area (Å²) in [6.45, 7) is 5.29. The van der Waals surface area contributed by atoms with Crippen LogP contribution >= 0.6 is 0 Å². The van der Waals surface area contributed by atoms with Gasteiger partial charge in [-0.3, -0.25) is 0 Å². The number of unbranched alkanes of at least 4 members (excludes halogenated alkanes) is 6. The summed E-state index contributed by atoms with van der Waals surface area (Å²) in [7, 11) is 0. The molecule has 0 saturated heterocycles. The van der Waals surface area contributed by atoms with Gasteiger partial charge in [0.1, 0.15) is 5.75 Å². The van der Waals surface area contributed by atoms with E-state index >= 15 is 0 Å². The van der Waals surface area contributed by atoms with Crippen LogP contribution in [0.3, 0.4) is 0 Å². The first kappa shape index (κ1) is 26.7. The molecule has 3 nitrogen and oxygen atoms in total. The average Bonchev–Trinajstić information content (AvgIpc) is 2.88. The van der Waals surface area contributed by atoms with E-state index in [-0.39, 0.29) is 0 Å². The molecule has 0 N–H and O–H groups in total. The first-order chi connectivity index (χ1) is 16.8. The number of hydrogen-bond donors (Lipinski definition) is 0. The molecule has 1 aliphatic carbocycles. The maximum atomic E-state index is 6.02. The van der Waals surface area contributed by atoms with E-state index in [0.717, 1.165) is 54.8 Å². The topological polar surface area (TPSA) is 35.0 Å². The van der Waals surface area contributed by atoms with Gasteiger partial charge in [0.05, 0.1) is 6.61 Å². The Balaban J connectivity index is 1.24. The molecule has 3 rings (SSSR count). The second-order valence-electron chi connectivity index (χ2n) is 10.5. The quantitative estimate of drug-likeness (QED) is 0.232. The molecule has 1 saturated carbocycles. The predicted molar refractivity (Wildman–Crippen MR) is 144 cm³/mol. The zero-order valence-electron chi connectivity index (χ0n) is 21.9. The highest BCUT2D eigenvalue weighted by molar-refractivity contribution is 5.55. The Morgan fingerprint density at radius 2 is 1.29 bits per heavy atom. The molecule has 0 aliphatic heterocycles. The van der Waals surface area contributed by atoms with Crippen molar-refractivity contribution in [3.63, 3.8) is 0 Å². The summed E-state index contributed by atoms with van der Waals surface area (Å²) < 4.78 is 6.02. The van der Waals surface area contributed by atoms with Crippen molar-refractivity contribution in [2.24, 2.45) is 11.8 Å². The summed E-state index contributed by atoms with van der Waals surface area (Å²) in [6, 6.07) is 8.23. The van der Waals surface area contributed by atoms with Gasteiger partial charge in [-0.1, -0.05) is 97.3 Å². The van der Waals surface area contributed by atoms with Gasteiger partial charge < -0.3 is 4.74 Å². The average molecular weight is 465 g/mol. The molecule has 34 heavy (non-hydrogen) atoms. The van der Waals surface area contributed by atoms with Crippen molar-refractivity contribution in [2.75, 3.05) is 6.61 Å². The van der Waals surface area contributed by atoms with Crippen LogP contribution in [0.1, 0.15) is 116 Å². The monoisotopic (exact) mass is 464 g/mol. The summed E-state index contributed by atoms with van der Waals surface area (Å²) in [4.78, 5) is 9.02. The van der Waals surface area contributed by atoms with Crippen molar-refractivity contribution in [3.8, 4) is 17.1 Å². The molecule has 0 spiro atoms. The lowest BCUT2D eigenvalue weighted by Crippen LogP contribution is -2.15. The van der Waals surface area contributed by atoms with Crippen LogP contribution in [0.4, 0.5) is 0 Å². The molecule has 1 aromatic heterocycles. The van der Waals surface area contributed by atoms with E-state index < -0.39 is 0 Å². The van der Waals surface area contributed by atoms with E-state index in [1.165, 1.54) is 89.0 Å². The van der Waals surface area contributed by atoms with Crippen molar-refractivity contribution in [1.29, 1.82) is 0 Å². The summed E-state index contributed by atoms with van der Waals surface area (Å²) in [5, 5.41) is 0. The third kappa shape index (κ3) is 9.76. The Morgan fingerprint density at radius 1 is 0.706 bits per heavy atom. The lowest BCUT2D eigenvalue weighted by atomic mass is 9.78. The van der Waals surface area contributed by atoms with Crippen molar-refractivity contribution < 1.29 is 4.74 Å². The zero-order chi connectivity index (χ0) is 23.8. The molecular weight excluding hydrogens is 416 g/mol. The first-order valence-corrected chi connectivity index (χ1v) is 14.3. The van der Waals surface area contributed by atoms with Gasteiger partial charge in [-0.2, -0.15) is 0 Å². The molecule has 0 amide bonds. The number of aryl methyl sites for hydroxylation is 1. The largest absolute Gasteiger partial charge is 0.494 e. The van der Waals surface area contributed by atoms with Crippen molar-refractivity contribution in [3.05, 3.63) is 42.2 Å². The Kier molecular flexibility index (Phi) is 12.5. The lowest BCUT2D eigenvalue weighted by molar-refractivity contribution is 0.228. The van der Waals surface area contributed by atoms with Gasteiger partial charge in [-0.25, -0.2) is 9.97 Å². The van der Waals surface area contributed by atoms with Crippen LogP contribution in [0.2, 0.25) is 0 Å². The maximum Gasteiger partial charge on any atom is 0.159 e. The normalized spacial score (nSPS) is 18.2. The number of benzene rings is 1. The predicted octanol–water partition coefficient (Wildman–Crippen LogP) is 9.20. The summed E-state index contributed by atoms with van der Waals surface area (Å²) in [5.41, 5.74) is 2.25. The van der Waals surface area contributed by atoms with Gasteiger partial charge in [0, 0.05) is 18.0 Å². The van der Waals surface area contributed by atoms with Crippen LogP contribution in [-0.2, 0) is 6.42 Å². The Bertz CT molecular complexity index is 763.